The highest BCUT2D eigenvalue weighted by atomic mass is 16.3. The zero-order valence-corrected chi connectivity index (χ0v) is 9.37. The molecule has 0 saturated carbocycles. The van der Waals surface area contributed by atoms with Crippen LogP contribution in [0.4, 0.5) is 5.95 Å². The third-order valence-corrected chi connectivity index (χ3v) is 3.19. The van der Waals surface area contributed by atoms with E-state index in [0.29, 0.717) is 5.95 Å². The second-order valence-electron chi connectivity index (χ2n) is 4.34. The molecule has 5 heteroatoms. The van der Waals surface area contributed by atoms with Gasteiger partial charge in [-0.15, -0.1) is 5.10 Å². The van der Waals surface area contributed by atoms with E-state index >= 15 is 0 Å². The highest BCUT2D eigenvalue weighted by molar-refractivity contribution is 5.33. The molecule has 1 aliphatic heterocycles. The van der Waals surface area contributed by atoms with Crippen LogP contribution in [0.5, 0.6) is 5.75 Å². The fraction of sp³-hybridized carbons (Fsp3) is 0.333. The largest absolute Gasteiger partial charge is 0.508 e. The lowest BCUT2D eigenvalue weighted by Crippen LogP contribution is -2.17. The third-order valence-electron chi connectivity index (χ3n) is 3.19. The number of nitrogen functional groups attached to an aromatic ring is 1. The van der Waals surface area contributed by atoms with Gasteiger partial charge >= 0.3 is 0 Å². The minimum atomic E-state index is 0.231. The highest BCUT2D eigenvalue weighted by Gasteiger charge is 2.25. The van der Waals surface area contributed by atoms with Crippen LogP contribution in [0, 0.1) is 0 Å². The maximum absolute atomic E-state index is 9.30. The number of phenols is 1. The summed E-state index contributed by atoms with van der Waals surface area (Å²) in [7, 11) is 0. The fourth-order valence-corrected chi connectivity index (χ4v) is 2.39. The number of nitrogens with two attached hydrogens (primary N) is 1. The molecule has 0 bridgehead atoms. The van der Waals surface area contributed by atoms with Crippen LogP contribution in [0.2, 0.25) is 0 Å². The van der Waals surface area contributed by atoms with Gasteiger partial charge in [0.15, 0.2) is 0 Å². The van der Waals surface area contributed by atoms with Crippen molar-refractivity contribution < 1.29 is 5.11 Å². The van der Waals surface area contributed by atoms with Gasteiger partial charge in [0.25, 0.3) is 0 Å². The van der Waals surface area contributed by atoms with Crippen molar-refractivity contribution in [2.24, 2.45) is 0 Å². The zero-order chi connectivity index (χ0) is 11.8. The van der Waals surface area contributed by atoms with Crippen LogP contribution in [0.1, 0.15) is 30.1 Å². The van der Waals surface area contributed by atoms with Gasteiger partial charge in [-0.2, -0.15) is 4.98 Å². The molecule has 5 nitrogen and oxygen atoms in total. The van der Waals surface area contributed by atoms with Crippen molar-refractivity contribution in [2.75, 3.05) is 5.73 Å². The predicted octanol–water partition coefficient (Wildman–Crippen LogP) is 1.49. The quantitative estimate of drug-likeness (QED) is 0.778. The molecule has 3 N–H and O–H groups in total. The van der Waals surface area contributed by atoms with Crippen LogP contribution >= 0.6 is 0 Å². The summed E-state index contributed by atoms with van der Waals surface area (Å²) in [5, 5.41) is 13.5. The van der Waals surface area contributed by atoms with Gasteiger partial charge in [0, 0.05) is 12.5 Å². The number of aromatic nitrogens is 3. The predicted molar refractivity (Wildman–Crippen MR) is 63.6 cm³/mol. The standard InChI is InChI=1S/C12H14N4O/c13-12-14-11-10(2-1-7-16(11)15-12)8-3-5-9(17)6-4-8/h3-6,10,17H,1-2,7H2,(H2,13,15). The Bertz CT molecular complexity index is 532. The van der Waals surface area contributed by atoms with Crippen molar-refractivity contribution in [3.05, 3.63) is 35.7 Å². The van der Waals surface area contributed by atoms with Crippen LogP contribution in [0.25, 0.3) is 0 Å². The Kier molecular flexibility index (Phi) is 2.24. The molecule has 1 aliphatic rings. The Hall–Kier alpha value is -2.04. The average Bonchev–Trinajstić information content (AvgIpc) is 2.70. The van der Waals surface area contributed by atoms with E-state index in [1.165, 1.54) is 0 Å². The van der Waals surface area contributed by atoms with E-state index in [-0.39, 0.29) is 11.7 Å². The van der Waals surface area contributed by atoms with Gasteiger partial charge < -0.3 is 10.8 Å². The number of fused-ring (bicyclic) bond motifs is 1. The molecule has 1 aromatic carbocycles. The van der Waals surface area contributed by atoms with Crippen molar-refractivity contribution in [3.8, 4) is 5.75 Å². The van der Waals surface area contributed by atoms with Crippen LogP contribution in [0.15, 0.2) is 24.3 Å². The maximum Gasteiger partial charge on any atom is 0.239 e. The normalized spacial score (nSPS) is 18.9. The second-order valence-corrected chi connectivity index (χ2v) is 4.34. The first-order valence-electron chi connectivity index (χ1n) is 5.73. The molecule has 2 heterocycles. The average molecular weight is 230 g/mol. The number of nitrogens with zero attached hydrogens (tertiary/aromatic N) is 3. The van der Waals surface area contributed by atoms with Crippen LogP contribution in [0.3, 0.4) is 0 Å². The van der Waals surface area contributed by atoms with Gasteiger partial charge in [-0.05, 0) is 30.5 Å². The smallest absolute Gasteiger partial charge is 0.239 e. The van der Waals surface area contributed by atoms with Crippen molar-refractivity contribution in [1.29, 1.82) is 0 Å². The Balaban J connectivity index is 2.02. The summed E-state index contributed by atoms with van der Waals surface area (Å²) in [6.07, 6.45) is 2.12. The Morgan fingerprint density at radius 1 is 1.29 bits per heavy atom. The number of hydrogen-bond acceptors (Lipinski definition) is 4. The molecule has 0 spiro atoms. The molecule has 2 aromatic rings. The van der Waals surface area contributed by atoms with Crippen molar-refractivity contribution in [2.45, 2.75) is 25.3 Å². The third kappa shape index (κ3) is 1.73. The first-order chi connectivity index (χ1) is 8.24. The van der Waals surface area contributed by atoms with Gasteiger partial charge in [0.05, 0.1) is 0 Å². The highest BCUT2D eigenvalue weighted by Crippen LogP contribution is 2.32. The summed E-state index contributed by atoms with van der Waals surface area (Å²) in [5.41, 5.74) is 6.79. The molecule has 1 unspecified atom stereocenters. The molecule has 0 fully saturated rings. The van der Waals surface area contributed by atoms with E-state index in [0.717, 1.165) is 30.8 Å². The zero-order valence-electron chi connectivity index (χ0n) is 9.37. The number of aromatic hydroxyl groups is 1. The summed E-state index contributed by atoms with van der Waals surface area (Å²) in [4.78, 5) is 4.30. The van der Waals surface area contributed by atoms with Crippen LogP contribution in [-0.4, -0.2) is 19.9 Å². The molecule has 88 valence electrons. The molecular weight excluding hydrogens is 216 g/mol. The minimum absolute atomic E-state index is 0.231. The molecular formula is C12H14N4O. The lowest BCUT2D eigenvalue weighted by molar-refractivity contribution is 0.445. The van der Waals surface area contributed by atoms with Gasteiger partial charge in [-0.25, -0.2) is 4.68 Å². The first-order valence-corrected chi connectivity index (χ1v) is 5.73. The number of anilines is 1. The van der Waals surface area contributed by atoms with Crippen molar-refractivity contribution in [1.82, 2.24) is 14.8 Å². The van der Waals surface area contributed by atoms with Crippen LogP contribution in [-0.2, 0) is 6.54 Å². The SMILES string of the molecule is Nc1nc2n(n1)CCCC2c1ccc(O)cc1. The Morgan fingerprint density at radius 3 is 2.82 bits per heavy atom. The molecule has 3 rings (SSSR count). The lowest BCUT2D eigenvalue weighted by Gasteiger charge is -2.22. The number of rotatable bonds is 1. The van der Waals surface area contributed by atoms with Gasteiger partial charge in [0.1, 0.15) is 11.6 Å². The monoisotopic (exact) mass is 230 g/mol. The Labute approximate surface area is 98.9 Å². The van der Waals surface area contributed by atoms with Crippen molar-refractivity contribution >= 4 is 5.95 Å². The van der Waals surface area contributed by atoms with Crippen molar-refractivity contribution in [3.63, 3.8) is 0 Å². The number of benzene rings is 1. The number of aryl methyl sites for hydroxylation is 1. The fourth-order valence-electron chi connectivity index (χ4n) is 2.39. The lowest BCUT2D eigenvalue weighted by atomic mass is 9.91. The molecule has 1 atom stereocenters. The first kappa shape index (κ1) is 10.1. The van der Waals surface area contributed by atoms with E-state index in [1.807, 2.05) is 16.8 Å². The molecule has 0 saturated heterocycles. The van der Waals surface area contributed by atoms with E-state index in [9.17, 15) is 5.11 Å². The molecule has 1 aromatic heterocycles. The van der Waals surface area contributed by atoms with E-state index in [4.69, 9.17) is 5.73 Å². The summed E-state index contributed by atoms with van der Waals surface area (Å²) in [5.74, 6) is 1.78. The van der Waals surface area contributed by atoms with Gasteiger partial charge in [0.2, 0.25) is 5.95 Å². The number of hydrogen-bond donors (Lipinski definition) is 2. The number of phenolic OH excluding ortho intramolecular Hbond substituents is 1. The summed E-state index contributed by atoms with van der Waals surface area (Å²) in [6.45, 7) is 0.883. The summed E-state index contributed by atoms with van der Waals surface area (Å²) < 4.78 is 1.89. The summed E-state index contributed by atoms with van der Waals surface area (Å²) >= 11 is 0. The second kappa shape index (κ2) is 3.76. The molecule has 17 heavy (non-hydrogen) atoms. The summed E-state index contributed by atoms with van der Waals surface area (Å²) in [6, 6.07) is 7.27. The topological polar surface area (TPSA) is 77.0 Å². The molecule has 0 amide bonds. The van der Waals surface area contributed by atoms with Crippen LogP contribution < -0.4 is 5.73 Å². The minimum Gasteiger partial charge on any atom is -0.508 e. The van der Waals surface area contributed by atoms with Gasteiger partial charge in [-0.1, -0.05) is 12.1 Å². The van der Waals surface area contributed by atoms with E-state index in [1.54, 1.807) is 12.1 Å². The van der Waals surface area contributed by atoms with E-state index < -0.39 is 0 Å². The molecule has 0 radical (unpaired) electrons. The maximum atomic E-state index is 9.30. The van der Waals surface area contributed by atoms with E-state index in [2.05, 4.69) is 10.1 Å². The molecule has 0 aliphatic carbocycles. The van der Waals surface area contributed by atoms with Gasteiger partial charge in [-0.3, -0.25) is 0 Å². The Morgan fingerprint density at radius 2 is 2.06 bits per heavy atom.